The van der Waals surface area contributed by atoms with E-state index in [0.29, 0.717) is 0 Å². The predicted octanol–water partition coefficient (Wildman–Crippen LogP) is 6.74. The third kappa shape index (κ3) is 3.29. The van der Waals surface area contributed by atoms with E-state index in [4.69, 9.17) is 0 Å². The molecule has 2 aromatic carbocycles. The summed E-state index contributed by atoms with van der Waals surface area (Å²) in [6, 6.07) is 18.2. The second-order valence-corrected chi connectivity index (χ2v) is 7.83. The number of halogens is 1. The van der Waals surface area contributed by atoms with Crippen molar-refractivity contribution in [1.29, 1.82) is 0 Å². The van der Waals surface area contributed by atoms with Gasteiger partial charge in [0.1, 0.15) is 5.82 Å². The van der Waals surface area contributed by atoms with E-state index in [1.165, 1.54) is 23.3 Å². The van der Waals surface area contributed by atoms with Gasteiger partial charge in [0.05, 0.1) is 0 Å². The first-order valence-corrected chi connectivity index (χ1v) is 9.52. The van der Waals surface area contributed by atoms with Crippen LogP contribution in [-0.4, -0.2) is 0 Å². The van der Waals surface area contributed by atoms with Crippen LogP contribution in [0.3, 0.4) is 0 Å². The van der Waals surface area contributed by atoms with Crippen LogP contribution in [0.15, 0.2) is 54.6 Å². The Balaban J connectivity index is 1.59. The van der Waals surface area contributed by atoms with Crippen molar-refractivity contribution in [2.24, 2.45) is 5.92 Å². The lowest BCUT2D eigenvalue weighted by molar-refractivity contribution is 0.632. The molecular formula is C22H21FS. The monoisotopic (exact) mass is 336 g/mol. The highest BCUT2D eigenvalue weighted by Gasteiger charge is 2.22. The largest absolute Gasteiger partial charge is 0.206 e. The molecule has 0 spiro atoms. The Morgan fingerprint density at radius 2 is 1.71 bits per heavy atom. The van der Waals surface area contributed by atoms with Gasteiger partial charge in [-0.25, -0.2) is 4.39 Å². The first-order chi connectivity index (χ1) is 11.7. The van der Waals surface area contributed by atoms with Crippen molar-refractivity contribution < 1.29 is 4.39 Å². The van der Waals surface area contributed by atoms with Gasteiger partial charge in [0.25, 0.3) is 0 Å². The second-order valence-electron chi connectivity index (χ2n) is 6.66. The minimum atomic E-state index is -0.133. The van der Waals surface area contributed by atoms with Crippen LogP contribution in [0.25, 0.3) is 21.6 Å². The maximum atomic E-state index is 14.7. The van der Waals surface area contributed by atoms with Crippen molar-refractivity contribution in [2.45, 2.75) is 32.6 Å². The third-order valence-electron chi connectivity index (χ3n) is 4.78. The predicted molar refractivity (Wildman–Crippen MR) is 101 cm³/mol. The molecule has 24 heavy (non-hydrogen) atoms. The standard InChI is InChI=1S/C22H21FS/c1-2-15-5-7-17(8-6-15)18-9-11-20(21(23)14-18)22-12-10-19(24-22)13-16-3-4-16/h5-12,14,16H,2-4,13H2,1H3. The van der Waals surface area contributed by atoms with Gasteiger partial charge < -0.3 is 0 Å². The Morgan fingerprint density at radius 3 is 2.38 bits per heavy atom. The van der Waals surface area contributed by atoms with Crippen molar-refractivity contribution in [2.75, 3.05) is 0 Å². The van der Waals surface area contributed by atoms with E-state index in [9.17, 15) is 4.39 Å². The van der Waals surface area contributed by atoms with E-state index >= 15 is 0 Å². The fourth-order valence-electron chi connectivity index (χ4n) is 3.07. The molecule has 0 radical (unpaired) electrons. The molecule has 0 atom stereocenters. The van der Waals surface area contributed by atoms with Crippen LogP contribution in [0, 0.1) is 11.7 Å². The lowest BCUT2D eigenvalue weighted by Gasteiger charge is -2.06. The Bertz CT molecular complexity index is 841. The molecule has 1 aliphatic carbocycles. The van der Waals surface area contributed by atoms with E-state index in [1.807, 2.05) is 12.1 Å². The van der Waals surface area contributed by atoms with Gasteiger partial charge in [0.15, 0.2) is 0 Å². The van der Waals surface area contributed by atoms with Crippen LogP contribution in [0.1, 0.15) is 30.2 Å². The number of hydrogen-bond acceptors (Lipinski definition) is 1. The zero-order valence-electron chi connectivity index (χ0n) is 13.9. The molecule has 0 N–H and O–H groups in total. The smallest absolute Gasteiger partial charge is 0.132 e. The molecule has 0 nitrogen and oxygen atoms in total. The minimum absolute atomic E-state index is 0.133. The Hall–Kier alpha value is -1.93. The number of hydrogen-bond donors (Lipinski definition) is 0. The Labute approximate surface area is 147 Å². The zero-order chi connectivity index (χ0) is 16.5. The summed E-state index contributed by atoms with van der Waals surface area (Å²) in [5, 5.41) is 0. The van der Waals surface area contributed by atoms with Crippen LogP contribution in [0.2, 0.25) is 0 Å². The minimum Gasteiger partial charge on any atom is -0.206 e. The van der Waals surface area contributed by atoms with Crippen molar-refractivity contribution in [3.63, 3.8) is 0 Å². The highest BCUT2D eigenvalue weighted by atomic mass is 32.1. The normalized spacial score (nSPS) is 14.1. The van der Waals surface area contributed by atoms with Gasteiger partial charge in [-0.15, -0.1) is 11.3 Å². The summed E-state index contributed by atoms with van der Waals surface area (Å²) in [4.78, 5) is 2.42. The van der Waals surface area contributed by atoms with Crippen LogP contribution < -0.4 is 0 Å². The molecule has 1 fully saturated rings. The van der Waals surface area contributed by atoms with Gasteiger partial charge in [-0.1, -0.05) is 37.3 Å². The molecule has 0 unspecified atom stereocenters. The van der Waals surface area contributed by atoms with Gasteiger partial charge in [-0.05, 0) is 72.6 Å². The second kappa shape index (κ2) is 6.52. The molecule has 0 aliphatic heterocycles. The Morgan fingerprint density at radius 1 is 0.958 bits per heavy atom. The van der Waals surface area contributed by atoms with E-state index in [2.05, 4.69) is 43.3 Å². The van der Waals surface area contributed by atoms with Crippen molar-refractivity contribution in [3.8, 4) is 21.6 Å². The SMILES string of the molecule is CCc1ccc(-c2ccc(-c3ccc(CC4CC4)s3)c(F)c2)cc1. The first-order valence-electron chi connectivity index (χ1n) is 8.71. The topological polar surface area (TPSA) is 0 Å². The number of thiophene rings is 1. The van der Waals surface area contributed by atoms with Crippen LogP contribution in [0.5, 0.6) is 0 Å². The van der Waals surface area contributed by atoms with Crippen molar-refractivity contribution in [1.82, 2.24) is 0 Å². The quantitative estimate of drug-likeness (QED) is 0.484. The number of aryl methyl sites for hydroxylation is 1. The first kappa shape index (κ1) is 15.6. The van der Waals surface area contributed by atoms with Crippen molar-refractivity contribution in [3.05, 3.63) is 70.9 Å². The molecule has 1 saturated carbocycles. The fraction of sp³-hybridized carbons (Fsp3) is 0.273. The van der Waals surface area contributed by atoms with E-state index < -0.39 is 0 Å². The summed E-state index contributed by atoms with van der Waals surface area (Å²) in [5.74, 6) is 0.738. The van der Waals surface area contributed by atoms with Gasteiger partial charge in [0, 0.05) is 15.3 Å². The fourth-order valence-corrected chi connectivity index (χ4v) is 4.22. The maximum Gasteiger partial charge on any atom is 0.132 e. The van der Waals surface area contributed by atoms with Gasteiger partial charge >= 0.3 is 0 Å². The highest BCUT2D eigenvalue weighted by molar-refractivity contribution is 7.15. The molecule has 3 aromatic rings. The van der Waals surface area contributed by atoms with Crippen LogP contribution in [-0.2, 0) is 12.8 Å². The summed E-state index contributed by atoms with van der Waals surface area (Å²) < 4.78 is 14.7. The molecule has 1 aliphatic rings. The summed E-state index contributed by atoms with van der Waals surface area (Å²) in [7, 11) is 0. The molecule has 4 rings (SSSR count). The molecule has 0 saturated heterocycles. The molecular weight excluding hydrogens is 315 g/mol. The number of rotatable bonds is 5. The lowest BCUT2D eigenvalue weighted by atomic mass is 10.0. The molecule has 1 aromatic heterocycles. The lowest BCUT2D eigenvalue weighted by Crippen LogP contribution is -1.86. The molecule has 2 heteroatoms. The highest BCUT2D eigenvalue weighted by Crippen LogP contribution is 2.38. The Kier molecular flexibility index (Phi) is 4.24. The number of benzene rings is 2. The van der Waals surface area contributed by atoms with Gasteiger partial charge in [0.2, 0.25) is 0 Å². The maximum absolute atomic E-state index is 14.7. The van der Waals surface area contributed by atoms with Crippen LogP contribution >= 0.6 is 11.3 Å². The van der Waals surface area contributed by atoms with E-state index in [-0.39, 0.29) is 5.82 Å². The third-order valence-corrected chi connectivity index (χ3v) is 5.92. The van der Waals surface area contributed by atoms with E-state index in [1.54, 1.807) is 17.4 Å². The average molecular weight is 336 g/mol. The molecule has 0 amide bonds. The van der Waals surface area contributed by atoms with Crippen LogP contribution in [0.4, 0.5) is 4.39 Å². The summed E-state index contributed by atoms with van der Waals surface area (Å²) in [5.41, 5.74) is 4.03. The van der Waals surface area contributed by atoms with Gasteiger partial charge in [-0.3, -0.25) is 0 Å². The van der Waals surface area contributed by atoms with Crippen molar-refractivity contribution >= 4 is 11.3 Å². The molecule has 1 heterocycles. The van der Waals surface area contributed by atoms with Gasteiger partial charge in [-0.2, -0.15) is 0 Å². The summed E-state index contributed by atoms with van der Waals surface area (Å²) >= 11 is 1.74. The molecule has 122 valence electrons. The summed E-state index contributed by atoms with van der Waals surface area (Å²) in [6.45, 7) is 2.14. The zero-order valence-corrected chi connectivity index (χ0v) is 14.7. The summed E-state index contributed by atoms with van der Waals surface area (Å²) in [6.07, 6.45) is 4.89. The average Bonchev–Trinajstić information content (AvgIpc) is 3.30. The molecule has 0 bridgehead atoms. The van der Waals surface area contributed by atoms with E-state index in [0.717, 1.165) is 40.3 Å².